The van der Waals surface area contributed by atoms with Crippen molar-refractivity contribution in [3.8, 4) is 0 Å². The summed E-state index contributed by atoms with van der Waals surface area (Å²) in [6.45, 7) is 3.88. The molecule has 0 amide bonds. The van der Waals surface area contributed by atoms with Crippen LogP contribution >= 0.6 is 0 Å². The average Bonchev–Trinajstić information content (AvgIpc) is 2.22. The van der Waals surface area contributed by atoms with Crippen LogP contribution in [0, 0.1) is 0 Å². The van der Waals surface area contributed by atoms with E-state index in [0.29, 0.717) is 5.37 Å². The van der Waals surface area contributed by atoms with Gasteiger partial charge in [0.25, 0.3) is 0 Å². The maximum Gasteiger partial charge on any atom is 0.0755 e. The van der Waals surface area contributed by atoms with Crippen LogP contribution in [0.4, 0.5) is 0 Å². The first-order chi connectivity index (χ1) is 6.39. The van der Waals surface area contributed by atoms with Crippen molar-refractivity contribution in [2.45, 2.75) is 43.9 Å². The van der Waals surface area contributed by atoms with Crippen LogP contribution in [-0.2, 0) is 12.6 Å². The molecule has 2 heterocycles. The Morgan fingerprint density at radius 2 is 1.77 bits per heavy atom. The molecule has 1 atom stereocenters. The van der Waals surface area contributed by atoms with E-state index in [9.17, 15) is 0 Å². The van der Waals surface area contributed by atoms with Gasteiger partial charge in [0.1, 0.15) is 0 Å². The van der Waals surface area contributed by atoms with Crippen LogP contribution in [0.3, 0.4) is 0 Å². The fourth-order valence-corrected chi connectivity index (χ4v) is 2.00. The lowest BCUT2D eigenvalue weighted by molar-refractivity contribution is -0.662. The molecule has 0 aromatic carbocycles. The molecule has 0 bridgehead atoms. The summed E-state index contributed by atoms with van der Waals surface area (Å²) in [7, 11) is 0. The summed E-state index contributed by atoms with van der Waals surface area (Å²) in [4.78, 5) is 0. The summed E-state index contributed by atoms with van der Waals surface area (Å²) in [5, 5.41) is 5.96. The van der Waals surface area contributed by atoms with Crippen molar-refractivity contribution in [2.75, 3.05) is 19.6 Å². The second kappa shape index (κ2) is 7.65. The Morgan fingerprint density at radius 3 is 2.00 bits per heavy atom. The minimum absolute atomic E-state index is 0.369. The highest BCUT2D eigenvalue weighted by Crippen LogP contribution is 2.03. The molecule has 13 heavy (non-hydrogen) atoms. The third-order valence-corrected chi connectivity index (χ3v) is 2.98. The van der Waals surface area contributed by atoms with Crippen LogP contribution in [0.5, 0.6) is 0 Å². The van der Waals surface area contributed by atoms with Crippen LogP contribution in [0.15, 0.2) is 0 Å². The zero-order valence-corrected chi connectivity index (χ0v) is 9.24. The Bertz CT molecular complexity index is 98.0. The summed E-state index contributed by atoms with van der Waals surface area (Å²) >= 11 is 4.98. The van der Waals surface area contributed by atoms with Crippen molar-refractivity contribution >= 4 is 12.6 Å². The molecule has 2 aliphatic rings. The summed E-state index contributed by atoms with van der Waals surface area (Å²) in [6.07, 6.45) is 8.18. The van der Waals surface area contributed by atoms with Crippen molar-refractivity contribution in [3.05, 3.63) is 0 Å². The van der Waals surface area contributed by atoms with Crippen molar-refractivity contribution < 1.29 is 5.32 Å². The van der Waals surface area contributed by atoms with E-state index in [2.05, 4.69) is 10.6 Å². The number of piperidine rings is 2. The topological polar surface area (TPSA) is 28.6 Å². The van der Waals surface area contributed by atoms with E-state index in [1.165, 1.54) is 51.6 Å². The lowest BCUT2D eigenvalue weighted by Crippen LogP contribution is -2.85. The fraction of sp³-hybridized carbons (Fsp3) is 1.00. The van der Waals surface area contributed by atoms with Gasteiger partial charge < -0.3 is 23.3 Å². The zero-order valence-electron chi connectivity index (χ0n) is 8.43. The van der Waals surface area contributed by atoms with E-state index in [4.69, 9.17) is 12.6 Å². The van der Waals surface area contributed by atoms with Crippen LogP contribution in [0.1, 0.15) is 38.5 Å². The predicted molar refractivity (Wildman–Crippen MR) is 58.5 cm³/mol. The van der Waals surface area contributed by atoms with E-state index >= 15 is 0 Å². The molecule has 0 radical (unpaired) electrons. The number of quaternary nitrogens is 1. The van der Waals surface area contributed by atoms with Gasteiger partial charge in [-0.2, -0.15) is 0 Å². The first-order valence-electron chi connectivity index (χ1n) is 5.60. The molecule has 0 spiro atoms. The molecule has 3 N–H and O–H groups in total. The Kier molecular flexibility index (Phi) is 6.68. The minimum atomic E-state index is 0.369. The second-order valence-electron chi connectivity index (χ2n) is 3.87. The van der Waals surface area contributed by atoms with Gasteiger partial charge in [-0.1, -0.05) is 12.8 Å². The molecular formula is C10H22N2S. The maximum absolute atomic E-state index is 4.98. The van der Waals surface area contributed by atoms with E-state index < -0.39 is 0 Å². The summed E-state index contributed by atoms with van der Waals surface area (Å²) in [5.74, 6) is 0. The molecule has 0 aliphatic carbocycles. The molecule has 3 heteroatoms. The average molecular weight is 202 g/mol. The van der Waals surface area contributed by atoms with Gasteiger partial charge >= 0.3 is 0 Å². The van der Waals surface area contributed by atoms with Crippen molar-refractivity contribution in [1.29, 1.82) is 0 Å². The summed E-state index contributed by atoms with van der Waals surface area (Å²) < 4.78 is 0. The molecule has 1 unspecified atom stereocenters. The molecule has 2 fully saturated rings. The lowest BCUT2D eigenvalue weighted by Gasteiger charge is -2.28. The smallest absolute Gasteiger partial charge is 0.0755 e. The zero-order chi connectivity index (χ0) is 9.36. The largest absolute Gasteiger partial charge is 0.774 e. The Balaban J connectivity index is 0.000000132. The lowest BCUT2D eigenvalue weighted by atomic mass is 10.2. The van der Waals surface area contributed by atoms with E-state index in [-0.39, 0.29) is 0 Å². The minimum Gasteiger partial charge on any atom is -0.774 e. The maximum atomic E-state index is 4.98. The number of hydrogen-bond acceptors (Lipinski definition) is 2. The molecule has 0 aromatic rings. The van der Waals surface area contributed by atoms with Gasteiger partial charge in [-0.15, -0.1) is 5.37 Å². The van der Waals surface area contributed by atoms with Crippen molar-refractivity contribution in [1.82, 2.24) is 5.32 Å². The quantitative estimate of drug-likeness (QED) is 0.556. The molecule has 2 rings (SSSR count). The van der Waals surface area contributed by atoms with Crippen LogP contribution in [0.25, 0.3) is 0 Å². The SMILES string of the molecule is C1CC[NH2+]CC1.[S-]C1CCCCN1. The van der Waals surface area contributed by atoms with Gasteiger partial charge in [0, 0.05) is 0 Å². The molecule has 2 saturated heterocycles. The van der Waals surface area contributed by atoms with Gasteiger partial charge in [-0.25, -0.2) is 0 Å². The van der Waals surface area contributed by atoms with Gasteiger partial charge in [0.05, 0.1) is 13.1 Å². The van der Waals surface area contributed by atoms with Crippen molar-refractivity contribution in [3.63, 3.8) is 0 Å². The highest BCUT2D eigenvalue weighted by molar-refractivity contribution is 7.59. The molecular weight excluding hydrogens is 180 g/mol. The van der Waals surface area contributed by atoms with Crippen LogP contribution < -0.4 is 10.6 Å². The third kappa shape index (κ3) is 6.36. The van der Waals surface area contributed by atoms with E-state index in [1.54, 1.807) is 0 Å². The Labute approximate surface area is 87.3 Å². The van der Waals surface area contributed by atoms with E-state index in [1.807, 2.05) is 0 Å². The highest BCUT2D eigenvalue weighted by atomic mass is 32.1. The first kappa shape index (κ1) is 11.3. The molecule has 0 saturated carbocycles. The Hall–Kier alpha value is 0.270. The van der Waals surface area contributed by atoms with E-state index in [0.717, 1.165) is 6.54 Å². The molecule has 2 nitrogen and oxygen atoms in total. The normalized spacial score (nSPS) is 28.8. The number of nitrogens with two attached hydrogens (primary N) is 1. The monoisotopic (exact) mass is 202 g/mol. The molecule has 0 aromatic heterocycles. The van der Waals surface area contributed by atoms with Crippen LogP contribution in [0.2, 0.25) is 0 Å². The second-order valence-corrected chi connectivity index (χ2v) is 4.43. The number of nitrogens with one attached hydrogen (secondary N) is 1. The number of hydrogen-bond donors (Lipinski definition) is 2. The van der Waals surface area contributed by atoms with Gasteiger partial charge in [-0.3, -0.25) is 0 Å². The molecule has 78 valence electrons. The third-order valence-electron chi connectivity index (χ3n) is 2.58. The van der Waals surface area contributed by atoms with Crippen LogP contribution in [-0.4, -0.2) is 25.0 Å². The highest BCUT2D eigenvalue weighted by Gasteiger charge is 1.98. The molecule has 2 aliphatic heterocycles. The fourth-order valence-electron chi connectivity index (χ4n) is 1.72. The standard InChI is InChI=1S/C5H11NS.C5H11N/c7-5-3-1-2-4-6-5;1-2-4-6-5-3-1/h5-7H,1-4H2;6H,1-5H2. The Morgan fingerprint density at radius 1 is 1.00 bits per heavy atom. The first-order valence-corrected chi connectivity index (χ1v) is 6.07. The van der Waals surface area contributed by atoms with Crippen molar-refractivity contribution in [2.24, 2.45) is 0 Å². The van der Waals surface area contributed by atoms with Gasteiger partial charge in [0.15, 0.2) is 0 Å². The van der Waals surface area contributed by atoms with Gasteiger partial charge in [0.2, 0.25) is 0 Å². The summed E-state index contributed by atoms with van der Waals surface area (Å²) in [5.41, 5.74) is 0. The van der Waals surface area contributed by atoms with Gasteiger partial charge in [-0.05, 0) is 32.2 Å². The summed E-state index contributed by atoms with van der Waals surface area (Å²) in [6, 6.07) is 0. The number of rotatable bonds is 0. The predicted octanol–water partition coefficient (Wildman–Crippen LogP) is 0.367.